The first kappa shape index (κ1) is 26.5. The minimum absolute atomic E-state index is 0. The van der Waals surface area contributed by atoms with Gasteiger partial charge < -0.3 is 10.6 Å². The normalized spacial score (nSPS) is 10.8. The summed E-state index contributed by atoms with van der Waals surface area (Å²) >= 11 is 0. The molecule has 2 aromatic carbocycles. The van der Waals surface area contributed by atoms with Crippen LogP contribution in [-0.2, 0) is 0 Å². The molecule has 2 aromatic heterocycles. The molecule has 4 aromatic rings. The topological polar surface area (TPSA) is 79.3 Å². The van der Waals surface area contributed by atoms with Gasteiger partial charge in [0, 0.05) is 47.7 Å². The lowest BCUT2D eigenvalue weighted by Gasteiger charge is -2.07. The van der Waals surface area contributed by atoms with E-state index in [4.69, 9.17) is 0 Å². The number of Topliss-reactive ketones (excluding diaryl/α,β-unsaturated/α-hetero) is 1. The van der Waals surface area contributed by atoms with Crippen LogP contribution in [0.5, 0.6) is 0 Å². The minimum atomic E-state index is 0. The maximum Gasteiger partial charge on any atom is 0.160 e. The van der Waals surface area contributed by atoms with Gasteiger partial charge >= 0.3 is 0 Å². The van der Waals surface area contributed by atoms with E-state index in [9.17, 15) is 4.79 Å². The molecule has 0 atom stereocenters. The molecule has 2 heterocycles. The van der Waals surface area contributed by atoms with Crippen LogP contribution in [0.25, 0.3) is 21.8 Å². The van der Waals surface area contributed by atoms with Gasteiger partial charge in [-0.25, -0.2) is 9.97 Å². The molecule has 4 rings (SSSR count). The van der Waals surface area contributed by atoms with Crippen molar-refractivity contribution in [3.8, 4) is 0 Å². The second kappa shape index (κ2) is 12.4. The molecule has 6 nitrogen and oxygen atoms in total. The van der Waals surface area contributed by atoms with Crippen molar-refractivity contribution < 1.29 is 4.79 Å². The van der Waals surface area contributed by atoms with Gasteiger partial charge in [-0.1, -0.05) is 31.7 Å². The fourth-order valence-corrected chi connectivity index (χ4v) is 3.61. The van der Waals surface area contributed by atoms with Crippen LogP contribution in [0.2, 0.25) is 0 Å². The Labute approximate surface area is 202 Å². The summed E-state index contributed by atoms with van der Waals surface area (Å²) in [6.45, 7) is 9.41. The maximum atomic E-state index is 11.4. The van der Waals surface area contributed by atoms with Crippen molar-refractivity contribution in [2.24, 2.45) is 4.99 Å². The van der Waals surface area contributed by atoms with Gasteiger partial charge in [0.1, 0.15) is 11.6 Å². The molecule has 0 amide bonds. The third kappa shape index (κ3) is 6.16. The molecule has 0 radical (unpaired) electrons. The van der Waals surface area contributed by atoms with Gasteiger partial charge in [0.25, 0.3) is 0 Å². The first-order valence-electron chi connectivity index (χ1n) is 11.2. The standard InChI is InChI=1S/C14H17N3.C13H14N2O.CH4/c1-4-16-14-9-8-12-11(10(2)15-3)6-5-7-13(12)17-14;1-3-14-13-8-7-11-10(9(2)16)5-4-6-12(11)15-13;/h5-9H,4H2,1-3H3,(H,16,17);4-8H,3H2,1-2H3,(H,14,15);1H4. The van der Waals surface area contributed by atoms with Crippen molar-refractivity contribution in [1.82, 2.24) is 9.97 Å². The molecule has 34 heavy (non-hydrogen) atoms. The zero-order valence-electron chi connectivity index (χ0n) is 19.9. The van der Waals surface area contributed by atoms with Crippen LogP contribution >= 0.6 is 0 Å². The van der Waals surface area contributed by atoms with E-state index >= 15 is 0 Å². The number of carbonyl (C=O) groups is 1. The smallest absolute Gasteiger partial charge is 0.160 e. The van der Waals surface area contributed by atoms with Gasteiger partial charge in [-0.3, -0.25) is 9.79 Å². The lowest BCUT2D eigenvalue weighted by molar-refractivity contribution is 0.101. The molecule has 0 bridgehead atoms. The predicted octanol–water partition coefficient (Wildman–Crippen LogP) is 6.61. The number of anilines is 2. The molecule has 0 fully saturated rings. The fourth-order valence-electron chi connectivity index (χ4n) is 3.61. The summed E-state index contributed by atoms with van der Waals surface area (Å²) in [5, 5.41) is 8.44. The molecular weight excluding hydrogens is 422 g/mol. The predicted molar refractivity (Wildman–Crippen MR) is 147 cm³/mol. The van der Waals surface area contributed by atoms with E-state index < -0.39 is 0 Å². The average molecular weight is 458 g/mol. The van der Waals surface area contributed by atoms with Crippen molar-refractivity contribution >= 4 is 44.9 Å². The highest BCUT2D eigenvalue weighted by molar-refractivity contribution is 6.09. The van der Waals surface area contributed by atoms with Crippen molar-refractivity contribution in [3.05, 3.63) is 71.8 Å². The number of nitrogens with one attached hydrogen (secondary N) is 2. The van der Waals surface area contributed by atoms with E-state index in [2.05, 4.69) is 44.7 Å². The summed E-state index contributed by atoms with van der Waals surface area (Å²) in [4.78, 5) is 24.7. The summed E-state index contributed by atoms with van der Waals surface area (Å²) in [5.41, 5.74) is 4.78. The van der Waals surface area contributed by atoms with Gasteiger partial charge in [0.15, 0.2) is 5.78 Å². The lowest BCUT2D eigenvalue weighted by atomic mass is 10.0. The Morgan fingerprint density at radius 1 is 0.765 bits per heavy atom. The Morgan fingerprint density at radius 2 is 1.24 bits per heavy atom. The Bertz CT molecular complexity index is 1300. The van der Waals surface area contributed by atoms with E-state index in [0.29, 0.717) is 0 Å². The summed E-state index contributed by atoms with van der Waals surface area (Å²) in [6, 6.07) is 19.7. The van der Waals surface area contributed by atoms with E-state index in [1.165, 1.54) is 0 Å². The summed E-state index contributed by atoms with van der Waals surface area (Å²) < 4.78 is 0. The van der Waals surface area contributed by atoms with E-state index in [1.54, 1.807) is 6.92 Å². The molecule has 0 aliphatic heterocycles. The number of hydrogen-bond donors (Lipinski definition) is 2. The van der Waals surface area contributed by atoms with Crippen LogP contribution in [0, 0.1) is 0 Å². The van der Waals surface area contributed by atoms with Crippen LogP contribution in [0.4, 0.5) is 11.6 Å². The zero-order valence-corrected chi connectivity index (χ0v) is 19.9. The van der Waals surface area contributed by atoms with Crippen molar-refractivity contribution in [2.75, 3.05) is 30.8 Å². The summed E-state index contributed by atoms with van der Waals surface area (Å²) in [7, 11) is 1.81. The van der Waals surface area contributed by atoms with Crippen molar-refractivity contribution in [1.29, 1.82) is 0 Å². The molecule has 0 aliphatic carbocycles. The Kier molecular flexibility index (Phi) is 9.68. The number of hydrogen-bond acceptors (Lipinski definition) is 6. The number of pyridine rings is 2. The molecule has 6 heteroatoms. The van der Waals surface area contributed by atoms with E-state index in [-0.39, 0.29) is 13.2 Å². The Hall–Kier alpha value is -3.80. The molecule has 0 spiro atoms. The van der Waals surface area contributed by atoms with Crippen LogP contribution in [0.3, 0.4) is 0 Å². The second-order valence-corrected chi connectivity index (χ2v) is 7.56. The number of aromatic nitrogens is 2. The molecule has 0 aliphatic rings. The van der Waals surface area contributed by atoms with Gasteiger partial charge in [-0.05, 0) is 64.1 Å². The monoisotopic (exact) mass is 457 g/mol. The molecular formula is C28H35N5O. The van der Waals surface area contributed by atoms with Gasteiger partial charge in [-0.2, -0.15) is 0 Å². The molecule has 178 valence electrons. The SMILES string of the molecule is C.CCNc1ccc2c(C(C)=NC)cccc2n1.CCNc1ccc2c(C(C)=O)cccc2n1. The second-order valence-electron chi connectivity index (χ2n) is 7.56. The zero-order chi connectivity index (χ0) is 23.8. The fraction of sp³-hybridized carbons (Fsp3) is 0.286. The van der Waals surface area contributed by atoms with Gasteiger partial charge in [0.2, 0.25) is 0 Å². The molecule has 0 saturated heterocycles. The summed E-state index contributed by atoms with van der Waals surface area (Å²) in [6.07, 6.45) is 0. The maximum absolute atomic E-state index is 11.4. The quantitative estimate of drug-likeness (QED) is 0.251. The molecule has 0 unspecified atom stereocenters. The van der Waals surface area contributed by atoms with Crippen LogP contribution in [-0.4, -0.2) is 41.6 Å². The van der Waals surface area contributed by atoms with Crippen molar-refractivity contribution in [3.63, 3.8) is 0 Å². The van der Waals surface area contributed by atoms with Gasteiger partial charge in [-0.15, -0.1) is 0 Å². The number of fused-ring (bicyclic) bond motifs is 2. The Balaban J connectivity index is 0.000000234. The number of nitrogens with zero attached hydrogens (tertiary/aromatic N) is 3. The highest BCUT2D eigenvalue weighted by atomic mass is 16.1. The third-order valence-corrected chi connectivity index (χ3v) is 5.28. The van der Waals surface area contributed by atoms with Gasteiger partial charge in [0.05, 0.1) is 11.0 Å². The Morgan fingerprint density at radius 3 is 1.68 bits per heavy atom. The number of aliphatic imine (C=N–C) groups is 1. The number of benzene rings is 2. The summed E-state index contributed by atoms with van der Waals surface area (Å²) in [5.74, 6) is 1.84. The lowest BCUT2D eigenvalue weighted by Crippen LogP contribution is -2.00. The van der Waals surface area contributed by atoms with Crippen LogP contribution in [0.15, 0.2) is 65.7 Å². The van der Waals surface area contributed by atoms with Crippen molar-refractivity contribution in [2.45, 2.75) is 35.1 Å². The van der Waals surface area contributed by atoms with Crippen LogP contribution < -0.4 is 10.6 Å². The number of ketones is 1. The average Bonchev–Trinajstić information content (AvgIpc) is 2.83. The highest BCUT2D eigenvalue weighted by Crippen LogP contribution is 2.21. The minimum Gasteiger partial charge on any atom is -0.370 e. The molecule has 2 N–H and O–H groups in total. The number of rotatable bonds is 6. The third-order valence-electron chi connectivity index (χ3n) is 5.28. The molecule has 0 saturated carbocycles. The highest BCUT2D eigenvalue weighted by Gasteiger charge is 2.06. The van der Waals surface area contributed by atoms with E-state index in [0.717, 1.165) is 63.4 Å². The largest absolute Gasteiger partial charge is 0.370 e. The first-order valence-corrected chi connectivity index (χ1v) is 11.2. The number of carbonyl (C=O) groups excluding carboxylic acids is 1. The van der Waals surface area contributed by atoms with E-state index in [1.807, 2.05) is 69.4 Å². The first-order chi connectivity index (χ1) is 16.0. The van der Waals surface area contributed by atoms with Crippen LogP contribution in [0.1, 0.15) is 51.0 Å².